The second kappa shape index (κ2) is 4.99. The summed E-state index contributed by atoms with van der Waals surface area (Å²) in [6, 6.07) is 4.28. The number of fused-ring (bicyclic) bond motifs is 1. The molecular weight excluding hydrogens is 258 g/mol. The van der Waals surface area contributed by atoms with Gasteiger partial charge in [0.25, 0.3) is 6.01 Å². The zero-order valence-corrected chi connectivity index (χ0v) is 11.5. The highest BCUT2D eigenvalue weighted by atomic mass is 16.4. The highest BCUT2D eigenvalue weighted by Crippen LogP contribution is 2.23. The van der Waals surface area contributed by atoms with Crippen LogP contribution < -0.4 is 10.2 Å². The maximum absolute atomic E-state index is 11.6. The molecule has 0 bridgehead atoms. The summed E-state index contributed by atoms with van der Waals surface area (Å²) in [7, 11) is 3.46. The van der Waals surface area contributed by atoms with Gasteiger partial charge in [-0.2, -0.15) is 4.98 Å². The van der Waals surface area contributed by atoms with Gasteiger partial charge in [-0.25, -0.2) is 9.78 Å². The molecule has 1 N–H and O–H groups in total. The maximum atomic E-state index is 11.6. The summed E-state index contributed by atoms with van der Waals surface area (Å²) in [5.74, 6) is 0. The molecular formula is C13H17N5O2. The van der Waals surface area contributed by atoms with Crippen molar-refractivity contribution in [3.63, 3.8) is 0 Å². The van der Waals surface area contributed by atoms with Crippen LogP contribution >= 0.6 is 0 Å². The molecule has 7 nitrogen and oxygen atoms in total. The minimum atomic E-state index is -0.0731. The van der Waals surface area contributed by atoms with Gasteiger partial charge in [0.2, 0.25) is 5.65 Å². The van der Waals surface area contributed by atoms with Crippen LogP contribution in [-0.2, 0) is 0 Å². The molecule has 1 atom stereocenters. The van der Waals surface area contributed by atoms with E-state index in [4.69, 9.17) is 4.42 Å². The zero-order valence-electron chi connectivity index (χ0n) is 11.5. The summed E-state index contributed by atoms with van der Waals surface area (Å²) in [5, 5.41) is 2.97. The SMILES string of the molecule is CN(C)C(=O)NC1CCN(c2nc3ncccc3o2)C1. The van der Waals surface area contributed by atoms with Gasteiger partial charge in [0.15, 0.2) is 5.58 Å². The molecule has 3 heterocycles. The molecule has 0 saturated carbocycles. The molecule has 0 aromatic carbocycles. The Labute approximate surface area is 116 Å². The second-order valence-electron chi connectivity index (χ2n) is 5.10. The minimum Gasteiger partial charge on any atom is -0.422 e. The topological polar surface area (TPSA) is 74.5 Å². The zero-order chi connectivity index (χ0) is 14.1. The first-order chi connectivity index (χ1) is 9.63. The number of nitrogens with one attached hydrogen (secondary N) is 1. The van der Waals surface area contributed by atoms with E-state index in [2.05, 4.69) is 15.3 Å². The van der Waals surface area contributed by atoms with E-state index in [1.165, 1.54) is 4.90 Å². The molecule has 1 unspecified atom stereocenters. The van der Waals surface area contributed by atoms with Crippen LogP contribution in [0.15, 0.2) is 22.7 Å². The number of urea groups is 1. The van der Waals surface area contributed by atoms with E-state index in [-0.39, 0.29) is 12.1 Å². The lowest BCUT2D eigenvalue weighted by atomic mass is 10.3. The van der Waals surface area contributed by atoms with Gasteiger partial charge in [-0.3, -0.25) is 0 Å². The molecule has 0 aliphatic carbocycles. The van der Waals surface area contributed by atoms with Crippen molar-refractivity contribution in [2.24, 2.45) is 0 Å². The van der Waals surface area contributed by atoms with Gasteiger partial charge >= 0.3 is 6.03 Å². The van der Waals surface area contributed by atoms with Crippen molar-refractivity contribution < 1.29 is 9.21 Å². The van der Waals surface area contributed by atoms with E-state index in [0.29, 0.717) is 23.8 Å². The van der Waals surface area contributed by atoms with E-state index in [0.717, 1.165) is 13.0 Å². The predicted octanol–water partition coefficient (Wildman–Crippen LogP) is 1.07. The Kier molecular flexibility index (Phi) is 3.17. The van der Waals surface area contributed by atoms with E-state index in [1.54, 1.807) is 20.3 Å². The molecule has 2 amide bonds. The fraction of sp³-hybridized carbons (Fsp3) is 0.462. The summed E-state index contributed by atoms with van der Waals surface area (Å²) < 4.78 is 5.68. The average molecular weight is 275 g/mol. The molecule has 0 radical (unpaired) electrons. The van der Waals surface area contributed by atoms with Gasteiger partial charge in [-0.05, 0) is 18.6 Å². The van der Waals surface area contributed by atoms with Crippen LogP contribution in [0.3, 0.4) is 0 Å². The van der Waals surface area contributed by atoms with Gasteiger partial charge < -0.3 is 19.5 Å². The molecule has 1 fully saturated rings. The highest BCUT2D eigenvalue weighted by Gasteiger charge is 2.27. The Morgan fingerprint density at radius 3 is 3.15 bits per heavy atom. The third kappa shape index (κ3) is 2.38. The Morgan fingerprint density at radius 2 is 2.40 bits per heavy atom. The monoisotopic (exact) mass is 275 g/mol. The Hall–Kier alpha value is -2.31. The molecule has 106 valence electrons. The number of hydrogen-bond acceptors (Lipinski definition) is 5. The lowest BCUT2D eigenvalue weighted by Gasteiger charge is -2.17. The first-order valence-electron chi connectivity index (χ1n) is 6.58. The number of hydrogen-bond donors (Lipinski definition) is 1. The third-order valence-electron chi connectivity index (χ3n) is 3.35. The van der Waals surface area contributed by atoms with Gasteiger partial charge in [-0.15, -0.1) is 0 Å². The van der Waals surface area contributed by atoms with E-state index < -0.39 is 0 Å². The smallest absolute Gasteiger partial charge is 0.317 e. The van der Waals surface area contributed by atoms with Crippen LogP contribution in [0.1, 0.15) is 6.42 Å². The highest BCUT2D eigenvalue weighted by molar-refractivity contribution is 5.74. The minimum absolute atomic E-state index is 0.0731. The molecule has 1 aliphatic rings. The number of carbonyl (C=O) groups is 1. The van der Waals surface area contributed by atoms with Gasteiger partial charge in [-0.1, -0.05) is 0 Å². The van der Waals surface area contributed by atoms with Crippen molar-refractivity contribution in [1.29, 1.82) is 0 Å². The van der Waals surface area contributed by atoms with Crippen LogP contribution in [0.2, 0.25) is 0 Å². The van der Waals surface area contributed by atoms with Crippen LogP contribution in [0.4, 0.5) is 10.8 Å². The van der Waals surface area contributed by atoms with Crippen molar-refractivity contribution in [2.45, 2.75) is 12.5 Å². The Morgan fingerprint density at radius 1 is 1.55 bits per heavy atom. The van der Waals surface area contributed by atoms with Crippen molar-refractivity contribution in [2.75, 3.05) is 32.1 Å². The largest absolute Gasteiger partial charge is 0.422 e. The molecule has 1 saturated heterocycles. The van der Waals surface area contributed by atoms with E-state index in [1.807, 2.05) is 17.0 Å². The van der Waals surface area contributed by atoms with Crippen LogP contribution in [0.25, 0.3) is 11.2 Å². The average Bonchev–Trinajstić information content (AvgIpc) is 3.03. The Balaban J connectivity index is 1.69. The van der Waals surface area contributed by atoms with Crippen molar-refractivity contribution >= 4 is 23.3 Å². The molecule has 3 rings (SSSR count). The lowest BCUT2D eigenvalue weighted by Crippen LogP contribution is -2.42. The molecule has 0 spiro atoms. The molecule has 1 aliphatic heterocycles. The summed E-state index contributed by atoms with van der Waals surface area (Å²) in [4.78, 5) is 23.7. The van der Waals surface area contributed by atoms with Gasteiger partial charge in [0.1, 0.15) is 0 Å². The number of oxazole rings is 1. The number of pyridine rings is 1. The van der Waals surface area contributed by atoms with Crippen molar-refractivity contribution in [3.8, 4) is 0 Å². The fourth-order valence-corrected chi connectivity index (χ4v) is 2.25. The predicted molar refractivity (Wildman–Crippen MR) is 74.6 cm³/mol. The Bertz CT molecular complexity index is 591. The van der Waals surface area contributed by atoms with Crippen LogP contribution in [0.5, 0.6) is 0 Å². The first-order valence-corrected chi connectivity index (χ1v) is 6.58. The van der Waals surface area contributed by atoms with Gasteiger partial charge in [0.05, 0.1) is 0 Å². The fourth-order valence-electron chi connectivity index (χ4n) is 2.25. The summed E-state index contributed by atoms with van der Waals surface area (Å²) >= 11 is 0. The number of amides is 2. The van der Waals surface area contributed by atoms with E-state index in [9.17, 15) is 4.79 Å². The summed E-state index contributed by atoms with van der Waals surface area (Å²) in [6.07, 6.45) is 2.57. The molecule has 2 aromatic heterocycles. The molecule has 20 heavy (non-hydrogen) atoms. The third-order valence-corrected chi connectivity index (χ3v) is 3.35. The normalized spacial score (nSPS) is 18.5. The molecule has 2 aromatic rings. The van der Waals surface area contributed by atoms with Crippen LogP contribution in [-0.4, -0.2) is 54.1 Å². The van der Waals surface area contributed by atoms with Crippen molar-refractivity contribution in [3.05, 3.63) is 18.3 Å². The second-order valence-corrected chi connectivity index (χ2v) is 5.10. The lowest BCUT2D eigenvalue weighted by molar-refractivity contribution is 0.214. The first kappa shape index (κ1) is 12.7. The standard InChI is InChI=1S/C13H17N5O2/c1-17(2)12(19)15-9-5-7-18(8-9)13-16-11-10(20-13)4-3-6-14-11/h3-4,6,9H,5,7-8H2,1-2H3,(H,15,19). The number of carbonyl (C=O) groups excluding carboxylic acids is 1. The number of rotatable bonds is 2. The number of anilines is 1. The number of aromatic nitrogens is 2. The number of nitrogens with zero attached hydrogens (tertiary/aromatic N) is 4. The van der Waals surface area contributed by atoms with Gasteiger partial charge in [0, 0.05) is 39.4 Å². The summed E-state index contributed by atoms with van der Waals surface area (Å²) in [5.41, 5.74) is 1.30. The quantitative estimate of drug-likeness (QED) is 0.887. The van der Waals surface area contributed by atoms with Crippen LogP contribution in [0, 0.1) is 0 Å². The summed E-state index contributed by atoms with van der Waals surface area (Å²) in [6.45, 7) is 1.51. The van der Waals surface area contributed by atoms with Crippen molar-refractivity contribution in [1.82, 2.24) is 20.2 Å². The molecule has 7 heteroatoms. The maximum Gasteiger partial charge on any atom is 0.317 e. The van der Waals surface area contributed by atoms with E-state index >= 15 is 0 Å².